The average molecular weight is 151 g/mol. The molecule has 1 aromatic rings. The van der Waals surface area contributed by atoms with Crippen LogP contribution in [-0.2, 0) is 0 Å². The van der Waals surface area contributed by atoms with Crippen LogP contribution in [0.2, 0.25) is 0 Å². The van der Waals surface area contributed by atoms with Crippen LogP contribution in [0.5, 0.6) is 0 Å². The Bertz CT molecular complexity index is 251. The minimum absolute atomic E-state index is 0.146. The first kappa shape index (κ1) is 8.25. The van der Waals surface area contributed by atoms with Crippen LogP contribution >= 0.6 is 0 Å². The van der Waals surface area contributed by atoms with Gasteiger partial charge in [-0.1, -0.05) is 26.0 Å². The molecule has 1 radical (unpaired) electrons. The van der Waals surface area contributed by atoms with Crippen molar-refractivity contribution in [3.05, 3.63) is 42.1 Å². The Morgan fingerprint density at radius 1 is 1.36 bits per heavy atom. The van der Waals surface area contributed by atoms with Crippen molar-refractivity contribution in [1.29, 1.82) is 0 Å². The van der Waals surface area contributed by atoms with Crippen LogP contribution in [-0.4, -0.2) is 0 Å². The number of hydrogen-bond donors (Lipinski definition) is 0. The molecule has 0 saturated heterocycles. The smallest absolute Gasteiger partial charge is 0.126 e. The van der Waals surface area contributed by atoms with Gasteiger partial charge in [0.2, 0.25) is 0 Å². The molecule has 0 aliphatic carbocycles. The van der Waals surface area contributed by atoms with Crippen molar-refractivity contribution < 1.29 is 4.39 Å². The molecule has 0 saturated carbocycles. The zero-order valence-corrected chi connectivity index (χ0v) is 6.89. The molecule has 0 N–H and O–H groups in total. The zero-order valence-electron chi connectivity index (χ0n) is 6.89. The summed E-state index contributed by atoms with van der Waals surface area (Å²) in [5.41, 5.74) is 1.49. The van der Waals surface area contributed by atoms with Crippen LogP contribution in [0.4, 0.5) is 4.39 Å². The fourth-order valence-electron chi connectivity index (χ4n) is 1.04. The third-order valence-corrected chi connectivity index (χ3v) is 1.69. The van der Waals surface area contributed by atoms with Gasteiger partial charge in [-0.15, -0.1) is 0 Å². The van der Waals surface area contributed by atoms with E-state index >= 15 is 0 Å². The Labute approximate surface area is 67.1 Å². The lowest BCUT2D eigenvalue weighted by atomic mass is 10.0. The van der Waals surface area contributed by atoms with Gasteiger partial charge in [-0.05, 0) is 30.0 Å². The van der Waals surface area contributed by atoms with Gasteiger partial charge in [-0.25, -0.2) is 4.39 Å². The van der Waals surface area contributed by atoms with Gasteiger partial charge >= 0.3 is 0 Å². The monoisotopic (exact) mass is 151 g/mol. The van der Waals surface area contributed by atoms with E-state index < -0.39 is 0 Å². The van der Waals surface area contributed by atoms with Crippen molar-refractivity contribution in [2.24, 2.45) is 0 Å². The Morgan fingerprint density at radius 2 is 2.00 bits per heavy atom. The van der Waals surface area contributed by atoms with Crippen LogP contribution < -0.4 is 0 Å². The molecule has 0 spiro atoms. The molecule has 0 unspecified atom stereocenters. The molecule has 0 nitrogen and oxygen atoms in total. The number of rotatable bonds is 1. The fourth-order valence-corrected chi connectivity index (χ4v) is 1.04. The Hall–Kier alpha value is -0.850. The van der Waals surface area contributed by atoms with E-state index in [1.807, 2.05) is 19.9 Å². The van der Waals surface area contributed by atoms with E-state index in [2.05, 4.69) is 6.92 Å². The van der Waals surface area contributed by atoms with Crippen molar-refractivity contribution in [1.82, 2.24) is 0 Å². The molecular weight excluding hydrogens is 139 g/mol. The van der Waals surface area contributed by atoms with E-state index in [1.165, 1.54) is 6.07 Å². The summed E-state index contributed by atoms with van der Waals surface area (Å²) in [7, 11) is 0. The van der Waals surface area contributed by atoms with Crippen molar-refractivity contribution >= 4 is 0 Å². The first-order valence-electron chi connectivity index (χ1n) is 3.72. The summed E-state index contributed by atoms with van der Waals surface area (Å²) in [5.74, 6) is 0.100. The van der Waals surface area contributed by atoms with Crippen molar-refractivity contribution in [2.75, 3.05) is 0 Å². The highest BCUT2D eigenvalue weighted by molar-refractivity contribution is 5.27. The second-order valence-electron chi connectivity index (χ2n) is 3.01. The van der Waals surface area contributed by atoms with Crippen LogP contribution in [0, 0.1) is 12.7 Å². The minimum atomic E-state index is -0.146. The standard InChI is InChI=1S/C10H12F/c1-7(2)9-5-4-8(3)6-10(9)11/h4-7H,3H2,1-2H3. The first-order chi connectivity index (χ1) is 5.11. The van der Waals surface area contributed by atoms with Gasteiger partial charge in [0.05, 0.1) is 0 Å². The highest BCUT2D eigenvalue weighted by atomic mass is 19.1. The van der Waals surface area contributed by atoms with E-state index in [4.69, 9.17) is 0 Å². The first-order valence-corrected chi connectivity index (χ1v) is 3.72. The maximum Gasteiger partial charge on any atom is 0.126 e. The lowest BCUT2D eigenvalue weighted by Crippen LogP contribution is -1.92. The SMILES string of the molecule is [CH2]c1ccc(C(C)C)c(F)c1. The summed E-state index contributed by atoms with van der Waals surface area (Å²) in [5, 5.41) is 0. The molecule has 0 heterocycles. The van der Waals surface area contributed by atoms with Crippen molar-refractivity contribution in [3.8, 4) is 0 Å². The molecule has 1 rings (SSSR count). The third kappa shape index (κ3) is 1.79. The lowest BCUT2D eigenvalue weighted by molar-refractivity contribution is 0.598. The zero-order chi connectivity index (χ0) is 8.43. The lowest BCUT2D eigenvalue weighted by Gasteiger charge is -2.06. The molecule has 0 aromatic heterocycles. The second kappa shape index (κ2) is 3.04. The average Bonchev–Trinajstić information content (AvgIpc) is 1.85. The summed E-state index contributed by atoms with van der Waals surface area (Å²) in [6.07, 6.45) is 0. The molecule has 0 aliphatic rings. The maximum atomic E-state index is 13.1. The Balaban J connectivity index is 3.09. The highest BCUT2D eigenvalue weighted by Crippen LogP contribution is 2.18. The van der Waals surface area contributed by atoms with E-state index in [0.29, 0.717) is 0 Å². The molecule has 0 amide bonds. The fraction of sp³-hybridized carbons (Fsp3) is 0.300. The number of benzene rings is 1. The van der Waals surface area contributed by atoms with Gasteiger partial charge in [0.15, 0.2) is 0 Å². The van der Waals surface area contributed by atoms with Gasteiger partial charge in [-0.3, -0.25) is 0 Å². The predicted octanol–water partition coefficient (Wildman–Crippen LogP) is 3.13. The second-order valence-corrected chi connectivity index (χ2v) is 3.01. The molecule has 1 heteroatoms. The third-order valence-electron chi connectivity index (χ3n) is 1.69. The van der Waals surface area contributed by atoms with Crippen LogP contribution in [0.15, 0.2) is 18.2 Å². The van der Waals surface area contributed by atoms with E-state index in [1.54, 1.807) is 6.07 Å². The van der Waals surface area contributed by atoms with Crippen LogP contribution in [0.3, 0.4) is 0 Å². The van der Waals surface area contributed by atoms with Gasteiger partial charge in [0.1, 0.15) is 5.82 Å². The van der Waals surface area contributed by atoms with Crippen LogP contribution in [0.25, 0.3) is 0 Å². The summed E-state index contributed by atoms with van der Waals surface area (Å²) >= 11 is 0. The normalized spacial score (nSPS) is 10.6. The van der Waals surface area contributed by atoms with Gasteiger partial charge in [-0.2, -0.15) is 0 Å². The molecule has 59 valence electrons. The van der Waals surface area contributed by atoms with Crippen LogP contribution in [0.1, 0.15) is 30.9 Å². The van der Waals surface area contributed by atoms with E-state index in [0.717, 1.165) is 11.1 Å². The molecule has 1 aromatic carbocycles. The summed E-state index contributed by atoms with van der Waals surface area (Å²) < 4.78 is 13.1. The molecule has 0 atom stereocenters. The number of halogens is 1. The van der Waals surface area contributed by atoms with Crippen molar-refractivity contribution in [2.45, 2.75) is 19.8 Å². The minimum Gasteiger partial charge on any atom is -0.207 e. The van der Waals surface area contributed by atoms with Gasteiger partial charge in [0.25, 0.3) is 0 Å². The molecule has 11 heavy (non-hydrogen) atoms. The van der Waals surface area contributed by atoms with Gasteiger partial charge in [0, 0.05) is 0 Å². The summed E-state index contributed by atoms with van der Waals surface area (Å²) in [6, 6.07) is 5.09. The van der Waals surface area contributed by atoms with E-state index in [-0.39, 0.29) is 11.7 Å². The maximum absolute atomic E-state index is 13.1. The van der Waals surface area contributed by atoms with E-state index in [9.17, 15) is 4.39 Å². The topological polar surface area (TPSA) is 0 Å². The quantitative estimate of drug-likeness (QED) is 0.578. The Kier molecular flexibility index (Phi) is 2.28. The Morgan fingerprint density at radius 3 is 2.45 bits per heavy atom. The predicted molar refractivity (Wildman–Crippen MR) is 44.9 cm³/mol. The number of hydrogen-bond acceptors (Lipinski definition) is 0. The molecule has 0 bridgehead atoms. The molecule has 0 fully saturated rings. The largest absolute Gasteiger partial charge is 0.207 e. The molecular formula is C10H12F. The summed E-state index contributed by atoms with van der Waals surface area (Å²) in [4.78, 5) is 0. The highest BCUT2D eigenvalue weighted by Gasteiger charge is 2.04. The summed E-state index contributed by atoms with van der Waals surface area (Å²) in [6.45, 7) is 7.59. The molecule has 0 aliphatic heterocycles. The van der Waals surface area contributed by atoms with Gasteiger partial charge < -0.3 is 0 Å². The van der Waals surface area contributed by atoms with Crippen molar-refractivity contribution in [3.63, 3.8) is 0 Å².